The number of benzene rings is 2. The third-order valence-electron chi connectivity index (χ3n) is 6.08. The molecule has 1 aliphatic heterocycles. The smallest absolute Gasteiger partial charge is 0.280 e. The molecule has 2 heterocycles. The highest BCUT2D eigenvalue weighted by atomic mass is 35.5. The Hall–Kier alpha value is -2.71. The van der Waals surface area contributed by atoms with Crippen molar-refractivity contribution in [2.75, 3.05) is 20.2 Å². The van der Waals surface area contributed by atoms with Gasteiger partial charge < -0.3 is 14.7 Å². The fraction of sp³-hybridized carbons (Fsp3) is 0.391. The van der Waals surface area contributed by atoms with E-state index in [4.69, 9.17) is 16.3 Å². The van der Waals surface area contributed by atoms with Gasteiger partial charge in [-0.25, -0.2) is 8.78 Å². The number of methoxy groups -OCH3 is 1. The van der Waals surface area contributed by atoms with E-state index in [-0.39, 0.29) is 48.8 Å². The molecule has 1 aliphatic rings. The van der Waals surface area contributed by atoms with Gasteiger partial charge in [0.15, 0.2) is 0 Å². The Morgan fingerprint density at radius 1 is 1.34 bits per heavy atom. The zero-order valence-electron chi connectivity index (χ0n) is 17.5. The second-order valence-corrected chi connectivity index (χ2v) is 8.53. The van der Waals surface area contributed by atoms with Gasteiger partial charge in [0.05, 0.1) is 25.2 Å². The summed E-state index contributed by atoms with van der Waals surface area (Å²) in [4.78, 5) is 14.3. The van der Waals surface area contributed by atoms with Crippen LogP contribution in [0, 0.1) is 5.92 Å². The van der Waals surface area contributed by atoms with E-state index in [1.165, 1.54) is 12.3 Å². The fourth-order valence-corrected chi connectivity index (χ4v) is 4.51. The maximum absolute atomic E-state index is 15.3. The molecule has 1 aromatic heterocycles. The van der Waals surface area contributed by atoms with Crippen molar-refractivity contribution in [1.82, 2.24) is 15.1 Å². The predicted molar refractivity (Wildman–Crippen MR) is 117 cm³/mol. The molecule has 2 aromatic carbocycles. The first-order valence-corrected chi connectivity index (χ1v) is 10.8. The van der Waals surface area contributed by atoms with Gasteiger partial charge in [-0.05, 0) is 42.7 Å². The Morgan fingerprint density at radius 2 is 2.09 bits per heavy atom. The molecule has 3 aromatic rings. The number of ether oxygens (including phenoxy) is 1. The molecule has 32 heavy (non-hydrogen) atoms. The Kier molecular flexibility index (Phi) is 6.35. The topological polar surface area (TPSA) is 78.4 Å². The van der Waals surface area contributed by atoms with E-state index >= 15 is 8.78 Å². The summed E-state index contributed by atoms with van der Waals surface area (Å²) in [5.41, 5.74) is 1.17. The van der Waals surface area contributed by atoms with Gasteiger partial charge >= 0.3 is 0 Å². The van der Waals surface area contributed by atoms with Crippen molar-refractivity contribution in [2.45, 2.75) is 31.3 Å². The van der Waals surface area contributed by atoms with E-state index in [0.717, 1.165) is 5.56 Å². The van der Waals surface area contributed by atoms with Crippen LogP contribution < -0.4 is 4.74 Å². The third kappa shape index (κ3) is 4.42. The molecule has 4 rings (SSSR count). The van der Waals surface area contributed by atoms with E-state index in [1.807, 2.05) is 12.1 Å². The summed E-state index contributed by atoms with van der Waals surface area (Å²) in [7, 11) is 1.56. The molecule has 0 saturated carbocycles. The molecule has 1 amide bonds. The first-order chi connectivity index (χ1) is 15.3. The van der Waals surface area contributed by atoms with Gasteiger partial charge in [-0.1, -0.05) is 23.7 Å². The number of aliphatic hydroxyl groups is 1. The standard InChI is InChI=1S/C23H24ClF2N3O3/c1-32-18-4-2-3-14(9-18)10-20(30)29-7-5-16(6-8-29)23(25,26)22(31)19-12-17(24)11-15-13-27-28-21(15)19/h2-4,9,11-13,16,22,31H,5-8,10H2,1H3,(H,27,28). The molecule has 0 spiro atoms. The van der Waals surface area contributed by atoms with Crippen molar-refractivity contribution >= 4 is 28.4 Å². The van der Waals surface area contributed by atoms with E-state index in [0.29, 0.717) is 16.7 Å². The molecule has 1 unspecified atom stereocenters. The van der Waals surface area contributed by atoms with Crippen molar-refractivity contribution in [3.05, 3.63) is 58.7 Å². The average Bonchev–Trinajstić information content (AvgIpc) is 3.26. The van der Waals surface area contributed by atoms with Crippen molar-refractivity contribution in [1.29, 1.82) is 0 Å². The summed E-state index contributed by atoms with van der Waals surface area (Å²) in [6.07, 6.45) is -0.183. The zero-order valence-corrected chi connectivity index (χ0v) is 18.3. The number of alkyl halides is 2. The number of H-pyrrole nitrogens is 1. The maximum Gasteiger partial charge on any atom is 0.280 e. The van der Waals surface area contributed by atoms with Gasteiger partial charge in [-0.2, -0.15) is 5.10 Å². The predicted octanol–water partition coefficient (Wildman–Crippen LogP) is 4.37. The van der Waals surface area contributed by atoms with Crippen molar-refractivity contribution in [3.8, 4) is 5.75 Å². The Morgan fingerprint density at radius 3 is 2.81 bits per heavy atom. The van der Waals surface area contributed by atoms with E-state index in [9.17, 15) is 9.90 Å². The molecule has 2 N–H and O–H groups in total. The molecule has 6 nitrogen and oxygen atoms in total. The Balaban J connectivity index is 1.42. The number of piperidine rings is 1. The minimum absolute atomic E-state index is 0.0199. The van der Waals surface area contributed by atoms with Crippen LogP contribution in [0.1, 0.15) is 30.1 Å². The lowest BCUT2D eigenvalue weighted by Gasteiger charge is -2.38. The second kappa shape index (κ2) is 9.03. The van der Waals surface area contributed by atoms with Gasteiger partial charge in [0, 0.05) is 35.0 Å². The van der Waals surface area contributed by atoms with Gasteiger partial charge in [0.1, 0.15) is 11.9 Å². The van der Waals surface area contributed by atoms with Gasteiger partial charge in [-0.3, -0.25) is 9.89 Å². The molecular formula is C23H24ClF2N3O3. The molecule has 170 valence electrons. The number of hydrogen-bond donors (Lipinski definition) is 2. The SMILES string of the molecule is COc1cccc(CC(=O)N2CCC(C(F)(F)C(O)c3cc(Cl)cc4cn[nH]c34)CC2)c1. The van der Waals surface area contributed by atoms with Crippen LogP contribution in [0.5, 0.6) is 5.75 Å². The molecule has 0 radical (unpaired) electrons. The maximum atomic E-state index is 15.3. The highest BCUT2D eigenvalue weighted by Crippen LogP contribution is 2.44. The lowest BCUT2D eigenvalue weighted by molar-refractivity contribution is -0.164. The molecule has 0 aliphatic carbocycles. The average molecular weight is 464 g/mol. The minimum Gasteiger partial charge on any atom is -0.497 e. The number of carbonyl (C=O) groups excluding carboxylic acids is 1. The number of nitrogens with one attached hydrogen (secondary N) is 1. The number of aliphatic hydroxyl groups excluding tert-OH is 1. The molecule has 1 saturated heterocycles. The van der Waals surface area contributed by atoms with Crippen LogP contribution in [0.25, 0.3) is 10.9 Å². The number of carbonyl (C=O) groups is 1. The van der Waals surface area contributed by atoms with E-state index in [1.54, 1.807) is 30.2 Å². The largest absolute Gasteiger partial charge is 0.497 e. The summed E-state index contributed by atoms with van der Waals surface area (Å²) in [5.74, 6) is -3.90. The number of nitrogens with zero attached hydrogens (tertiary/aromatic N) is 2. The zero-order chi connectivity index (χ0) is 22.9. The Labute approximate surface area is 189 Å². The van der Waals surface area contributed by atoms with Crippen LogP contribution in [0.4, 0.5) is 8.78 Å². The quantitative estimate of drug-likeness (QED) is 0.569. The summed E-state index contributed by atoms with van der Waals surface area (Å²) >= 11 is 6.05. The summed E-state index contributed by atoms with van der Waals surface area (Å²) < 4.78 is 35.7. The number of likely N-dealkylation sites (tertiary alicyclic amines) is 1. The van der Waals surface area contributed by atoms with Crippen LogP contribution in [0.3, 0.4) is 0 Å². The van der Waals surface area contributed by atoms with Gasteiger partial charge in [0.25, 0.3) is 5.92 Å². The highest BCUT2D eigenvalue weighted by molar-refractivity contribution is 6.31. The highest BCUT2D eigenvalue weighted by Gasteiger charge is 2.48. The first kappa shape index (κ1) is 22.5. The van der Waals surface area contributed by atoms with E-state index in [2.05, 4.69) is 10.2 Å². The number of halogens is 3. The van der Waals surface area contributed by atoms with E-state index < -0.39 is 17.9 Å². The lowest BCUT2D eigenvalue weighted by Crippen LogP contribution is -2.45. The molecule has 1 fully saturated rings. The molecular weight excluding hydrogens is 440 g/mol. The monoisotopic (exact) mass is 463 g/mol. The van der Waals surface area contributed by atoms with Crippen LogP contribution >= 0.6 is 11.6 Å². The van der Waals surface area contributed by atoms with Crippen molar-refractivity contribution < 1.29 is 23.4 Å². The third-order valence-corrected chi connectivity index (χ3v) is 6.30. The van der Waals surface area contributed by atoms with Crippen LogP contribution in [0.15, 0.2) is 42.6 Å². The normalized spacial score (nSPS) is 16.3. The summed E-state index contributed by atoms with van der Waals surface area (Å²) in [6, 6.07) is 10.2. The lowest BCUT2D eigenvalue weighted by atomic mass is 9.84. The van der Waals surface area contributed by atoms with Crippen molar-refractivity contribution in [2.24, 2.45) is 5.92 Å². The van der Waals surface area contributed by atoms with Gasteiger partial charge in [0.2, 0.25) is 5.91 Å². The summed E-state index contributed by atoms with van der Waals surface area (Å²) in [5, 5.41) is 17.9. The number of fused-ring (bicyclic) bond motifs is 1. The molecule has 0 bridgehead atoms. The van der Waals surface area contributed by atoms with Crippen molar-refractivity contribution in [3.63, 3.8) is 0 Å². The molecule has 1 atom stereocenters. The number of hydrogen-bond acceptors (Lipinski definition) is 4. The number of rotatable bonds is 6. The first-order valence-electron chi connectivity index (χ1n) is 10.4. The van der Waals surface area contributed by atoms with Gasteiger partial charge in [-0.15, -0.1) is 0 Å². The molecule has 9 heteroatoms. The minimum atomic E-state index is -3.38. The van der Waals surface area contributed by atoms with Crippen LogP contribution in [-0.2, 0) is 11.2 Å². The number of aromatic amines is 1. The number of aromatic nitrogens is 2. The Bertz CT molecular complexity index is 1110. The summed E-state index contributed by atoms with van der Waals surface area (Å²) in [6.45, 7) is 0.426. The fourth-order valence-electron chi connectivity index (χ4n) is 4.28. The second-order valence-electron chi connectivity index (χ2n) is 8.09. The van der Waals surface area contributed by atoms with Crippen LogP contribution in [-0.4, -0.2) is 52.2 Å². The van der Waals surface area contributed by atoms with Crippen LogP contribution in [0.2, 0.25) is 5.02 Å². The number of amides is 1.